The first-order valence-electron chi connectivity index (χ1n) is 6.74. The molecule has 1 atom stereocenters. The lowest BCUT2D eigenvalue weighted by atomic mass is 10.1. The molecule has 1 aromatic rings. The first kappa shape index (κ1) is 16.3. The van der Waals surface area contributed by atoms with E-state index in [0.717, 1.165) is 16.3 Å². The van der Waals surface area contributed by atoms with Crippen molar-refractivity contribution in [3.63, 3.8) is 0 Å². The molecule has 0 aromatic heterocycles. The molecule has 118 valence electrons. The molecule has 1 saturated heterocycles. The summed E-state index contributed by atoms with van der Waals surface area (Å²) in [5.41, 5.74) is 7.17. The van der Waals surface area contributed by atoms with E-state index in [2.05, 4.69) is 0 Å². The Hall–Kier alpha value is -1.12. The van der Waals surface area contributed by atoms with Gasteiger partial charge in [0.1, 0.15) is 0 Å². The van der Waals surface area contributed by atoms with E-state index in [-0.39, 0.29) is 16.4 Å². The van der Waals surface area contributed by atoms with E-state index in [4.69, 9.17) is 5.73 Å². The van der Waals surface area contributed by atoms with Crippen molar-refractivity contribution >= 4 is 25.5 Å². The van der Waals surface area contributed by atoms with Crippen LogP contribution >= 0.6 is 0 Å². The molecular weight excluding hydrogens is 312 g/mol. The highest BCUT2D eigenvalue weighted by atomic mass is 32.2. The Bertz CT molecular complexity index is 741. The summed E-state index contributed by atoms with van der Waals surface area (Å²) >= 11 is 0. The van der Waals surface area contributed by atoms with Crippen molar-refractivity contribution in [3.05, 3.63) is 23.8 Å². The molecule has 2 N–H and O–H groups in total. The maximum Gasteiger partial charge on any atom is 0.243 e. The third-order valence-electron chi connectivity index (χ3n) is 3.90. The van der Waals surface area contributed by atoms with Gasteiger partial charge < -0.3 is 5.73 Å². The van der Waals surface area contributed by atoms with Crippen molar-refractivity contribution in [2.24, 2.45) is 0 Å². The van der Waals surface area contributed by atoms with E-state index < -0.39 is 25.9 Å². The standard InChI is InChI=1S/C13H20N2O4S2/c1-3-10-4-5-12(8-13(10)14)21(18,19)15(2)11-6-7-20(16,17)9-11/h4-5,8,11H,3,6-7,9,14H2,1-2H3. The van der Waals surface area contributed by atoms with Crippen LogP contribution in [0.25, 0.3) is 0 Å². The second-order valence-corrected chi connectivity index (χ2v) is 9.52. The topological polar surface area (TPSA) is 97.5 Å². The van der Waals surface area contributed by atoms with Crippen LogP contribution in [-0.2, 0) is 26.3 Å². The lowest BCUT2D eigenvalue weighted by molar-refractivity contribution is 0.394. The third-order valence-corrected chi connectivity index (χ3v) is 7.55. The average Bonchev–Trinajstić information content (AvgIpc) is 2.77. The number of aryl methyl sites for hydroxylation is 1. The van der Waals surface area contributed by atoms with Gasteiger partial charge in [0.25, 0.3) is 0 Å². The predicted octanol–water partition coefficient (Wildman–Crippen LogP) is 0.639. The number of rotatable bonds is 4. The van der Waals surface area contributed by atoms with Gasteiger partial charge in [-0.15, -0.1) is 0 Å². The fraction of sp³-hybridized carbons (Fsp3) is 0.538. The predicted molar refractivity (Wildman–Crippen MR) is 82.2 cm³/mol. The molecule has 0 amide bonds. The van der Waals surface area contributed by atoms with E-state index in [9.17, 15) is 16.8 Å². The summed E-state index contributed by atoms with van der Waals surface area (Å²) in [7, 11) is -5.44. The summed E-state index contributed by atoms with van der Waals surface area (Å²) in [6, 6.07) is 4.15. The van der Waals surface area contributed by atoms with Crippen molar-refractivity contribution in [2.45, 2.75) is 30.7 Å². The molecule has 1 heterocycles. The summed E-state index contributed by atoms with van der Waals surface area (Å²) in [6.07, 6.45) is 1.06. The smallest absolute Gasteiger partial charge is 0.243 e. The highest BCUT2D eigenvalue weighted by molar-refractivity contribution is 7.92. The van der Waals surface area contributed by atoms with Crippen LogP contribution in [0.5, 0.6) is 0 Å². The molecule has 6 nitrogen and oxygen atoms in total. The van der Waals surface area contributed by atoms with E-state index in [1.807, 2.05) is 6.92 Å². The molecule has 1 fully saturated rings. The van der Waals surface area contributed by atoms with Crippen molar-refractivity contribution in [1.82, 2.24) is 4.31 Å². The zero-order valence-electron chi connectivity index (χ0n) is 12.1. The van der Waals surface area contributed by atoms with Gasteiger partial charge in [-0.05, 0) is 30.5 Å². The number of benzene rings is 1. The van der Waals surface area contributed by atoms with Gasteiger partial charge in [-0.25, -0.2) is 16.8 Å². The fourth-order valence-electron chi connectivity index (χ4n) is 2.48. The monoisotopic (exact) mass is 332 g/mol. The summed E-state index contributed by atoms with van der Waals surface area (Å²) in [5, 5.41) is 0. The molecule has 2 rings (SSSR count). The first-order chi connectivity index (χ1) is 9.67. The number of nitrogen functional groups attached to an aromatic ring is 1. The second kappa shape index (κ2) is 5.58. The number of sulfonamides is 1. The first-order valence-corrected chi connectivity index (χ1v) is 10.0. The molecule has 0 radical (unpaired) electrons. The van der Waals surface area contributed by atoms with Gasteiger partial charge in [0.15, 0.2) is 9.84 Å². The van der Waals surface area contributed by atoms with Crippen LogP contribution < -0.4 is 5.73 Å². The Morgan fingerprint density at radius 1 is 1.38 bits per heavy atom. The van der Waals surface area contributed by atoms with Gasteiger partial charge >= 0.3 is 0 Å². The molecule has 8 heteroatoms. The van der Waals surface area contributed by atoms with Crippen LogP contribution in [0.2, 0.25) is 0 Å². The molecular formula is C13H20N2O4S2. The largest absolute Gasteiger partial charge is 0.398 e. The fourth-order valence-corrected chi connectivity index (χ4v) is 5.77. The molecule has 0 saturated carbocycles. The summed E-state index contributed by atoms with van der Waals surface area (Å²) in [5.74, 6) is -0.0836. The minimum atomic E-state index is -3.73. The van der Waals surface area contributed by atoms with Crippen LogP contribution in [0.15, 0.2) is 23.1 Å². The van der Waals surface area contributed by atoms with E-state index >= 15 is 0 Å². The minimum absolute atomic E-state index is 0.0361. The van der Waals surface area contributed by atoms with Gasteiger partial charge in [0.2, 0.25) is 10.0 Å². The molecule has 0 bridgehead atoms. The van der Waals surface area contributed by atoms with Gasteiger partial charge in [0, 0.05) is 18.8 Å². The maximum atomic E-state index is 12.6. The summed E-state index contributed by atoms with van der Waals surface area (Å²) < 4.78 is 49.3. The minimum Gasteiger partial charge on any atom is -0.398 e. The van der Waals surface area contributed by atoms with E-state index in [1.165, 1.54) is 19.2 Å². The molecule has 1 aliphatic heterocycles. The maximum absolute atomic E-state index is 12.6. The van der Waals surface area contributed by atoms with Crippen molar-refractivity contribution in [3.8, 4) is 0 Å². The number of hydrogen-bond donors (Lipinski definition) is 1. The molecule has 1 unspecified atom stereocenters. The number of nitrogens with zero attached hydrogens (tertiary/aromatic N) is 1. The lowest BCUT2D eigenvalue weighted by Crippen LogP contribution is -2.37. The van der Waals surface area contributed by atoms with E-state index in [0.29, 0.717) is 12.1 Å². The zero-order chi connectivity index (χ0) is 15.8. The quantitative estimate of drug-likeness (QED) is 0.816. The number of sulfone groups is 1. The third kappa shape index (κ3) is 3.22. The van der Waals surface area contributed by atoms with E-state index in [1.54, 1.807) is 6.07 Å². The second-order valence-electron chi connectivity index (χ2n) is 5.29. The molecule has 1 aliphatic rings. The Balaban J connectivity index is 2.31. The zero-order valence-corrected chi connectivity index (χ0v) is 13.7. The van der Waals surface area contributed by atoms with Crippen molar-refractivity contribution in [1.29, 1.82) is 0 Å². The van der Waals surface area contributed by atoms with Crippen LogP contribution in [0.3, 0.4) is 0 Å². The van der Waals surface area contributed by atoms with Crippen molar-refractivity contribution < 1.29 is 16.8 Å². The van der Waals surface area contributed by atoms with Gasteiger partial charge in [-0.3, -0.25) is 0 Å². The van der Waals surface area contributed by atoms with Crippen LogP contribution in [-0.4, -0.2) is 45.7 Å². The Kier molecular flexibility index (Phi) is 4.32. The molecule has 0 aliphatic carbocycles. The molecule has 1 aromatic carbocycles. The summed E-state index contributed by atoms with van der Waals surface area (Å²) in [4.78, 5) is 0.101. The molecule has 0 spiro atoms. The normalized spacial score (nSPS) is 21.8. The van der Waals surface area contributed by atoms with Crippen LogP contribution in [0.4, 0.5) is 5.69 Å². The highest BCUT2D eigenvalue weighted by Gasteiger charge is 2.36. The SMILES string of the molecule is CCc1ccc(S(=O)(=O)N(C)C2CCS(=O)(=O)C2)cc1N. The van der Waals surface area contributed by atoms with Gasteiger partial charge in [-0.2, -0.15) is 4.31 Å². The number of anilines is 1. The lowest BCUT2D eigenvalue weighted by Gasteiger charge is -2.23. The van der Waals surface area contributed by atoms with Crippen molar-refractivity contribution in [2.75, 3.05) is 24.3 Å². The van der Waals surface area contributed by atoms with Gasteiger partial charge in [0.05, 0.1) is 16.4 Å². The van der Waals surface area contributed by atoms with Gasteiger partial charge in [-0.1, -0.05) is 13.0 Å². The summed E-state index contributed by atoms with van der Waals surface area (Å²) in [6.45, 7) is 1.94. The van der Waals surface area contributed by atoms with Crippen LogP contribution in [0.1, 0.15) is 18.9 Å². The Labute approximate surface area is 125 Å². The molecule has 21 heavy (non-hydrogen) atoms. The highest BCUT2D eigenvalue weighted by Crippen LogP contribution is 2.25. The number of nitrogens with two attached hydrogens (primary N) is 1. The van der Waals surface area contributed by atoms with Crippen LogP contribution in [0, 0.1) is 0 Å². The number of hydrogen-bond acceptors (Lipinski definition) is 5. The average molecular weight is 332 g/mol. The Morgan fingerprint density at radius 3 is 2.52 bits per heavy atom. The Morgan fingerprint density at radius 2 is 2.05 bits per heavy atom.